The first-order valence-electron chi connectivity index (χ1n) is 9.74. The number of carbonyl (C=O) groups is 1. The molecule has 0 fully saturated rings. The quantitative estimate of drug-likeness (QED) is 0.260. The smallest absolute Gasteiger partial charge is 0.332 e. The van der Waals surface area contributed by atoms with Crippen LogP contribution in [0.4, 0.5) is 0 Å². The van der Waals surface area contributed by atoms with Gasteiger partial charge in [-0.15, -0.1) is 0 Å². The topological polar surface area (TPSA) is 57.5 Å². The predicted molar refractivity (Wildman–Crippen MR) is 97.7 cm³/mol. The number of aliphatic hydroxyl groups is 1. The Kier molecular flexibility index (Phi) is 16.9. The van der Waals surface area contributed by atoms with Crippen molar-refractivity contribution < 1.29 is 15.0 Å². The van der Waals surface area contributed by atoms with E-state index >= 15 is 0 Å². The van der Waals surface area contributed by atoms with Crippen molar-refractivity contribution in [3.63, 3.8) is 0 Å². The number of rotatable bonds is 17. The van der Waals surface area contributed by atoms with Crippen LogP contribution in [0.3, 0.4) is 0 Å². The molecule has 0 saturated carbocycles. The SMILES string of the molecule is CCCCCCCCCCCCCC/C=C/CCC(O)C(=O)O. The van der Waals surface area contributed by atoms with Crippen LogP contribution < -0.4 is 0 Å². The molecule has 1 unspecified atom stereocenters. The molecule has 0 amide bonds. The third-order valence-electron chi connectivity index (χ3n) is 4.28. The lowest BCUT2D eigenvalue weighted by molar-refractivity contribution is -0.146. The van der Waals surface area contributed by atoms with Crippen LogP contribution in [0.25, 0.3) is 0 Å². The zero-order valence-electron chi connectivity index (χ0n) is 15.1. The summed E-state index contributed by atoms with van der Waals surface area (Å²) in [5.41, 5.74) is 0. The summed E-state index contributed by atoms with van der Waals surface area (Å²) in [6, 6.07) is 0. The molecule has 0 aliphatic rings. The van der Waals surface area contributed by atoms with E-state index < -0.39 is 12.1 Å². The summed E-state index contributed by atoms with van der Waals surface area (Å²) in [6.45, 7) is 2.26. The van der Waals surface area contributed by atoms with Crippen molar-refractivity contribution in [2.75, 3.05) is 0 Å². The van der Waals surface area contributed by atoms with Gasteiger partial charge in [-0.2, -0.15) is 0 Å². The minimum atomic E-state index is -1.22. The first-order chi connectivity index (χ1) is 11.2. The number of hydrogen-bond donors (Lipinski definition) is 2. The van der Waals surface area contributed by atoms with E-state index in [-0.39, 0.29) is 0 Å². The van der Waals surface area contributed by atoms with E-state index in [0.717, 1.165) is 6.42 Å². The Morgan fingerprint density at radius 1 is 0.783 bits per heavy atom. The maximum Gasteiger partial charge on any atom is 0.332 e. The molecule has 0 spiro atoms. The van der Waals surface area contributed by atoms with Crippen LogP contribution in [0.1, 0.15) is 103 Å². The number of unbranched alkanes of at least 4 members (excludes halogenated alkanes) is 12. The van der Waals surface area contributed by atoms with E-state index in [2.05, 4.69) is 13.0 Å². The molecular formula is C20H38O3. The standard InChI is InChI=1S/C20H38O3/c1-2-3-4-5-6-7-8-9-10-11-12-13-14-15-16-17-18-19(21)20(22)23/h15-16,19,21H,2-14,17-18H2,1H3,(H,22,23)/b16-15+. The number of hydrogen-bond acceptors (Lipinski definition) is 2. The number of carboxylic acid groups (broad SMARTS) is 1. The van der Waals surface area contributed by atoms with Gasteiger partial charge in [0, 0.05) is 0 Å². The van der Waals surface area contributed by atoms with Gasteiger partial charge in [-0.1, -0.05) is 89.7 Å². The van der Waals surface area contributed by atoms with Crippen molar-refractivity contribution in [1.29, 1.82) is 0 Å². The number of allylic oxidation sites excluding steroid dienone is 2. The lowest BCUT2D eigenvalue weighted by atomic mass is 10.0. The van der Waals surface area contributed by atoms with Crippen LogP contribution in [0.15, 0.2) is 12.2 Å². The second kappa shape index (κ2) is 17.5. The van der Waals surface area contributed by atoms with Crippen molar-refractivity contribution in [1.82, 2.24) is 0 Å². The van der Waals surface area contributed by atoms with E-state index in [4.69, 9.17) is 10.2 Å². The van der Waals surface area contributed by atoms with Gasteiger partial charge < -0.3 is 10.2 Å². The first kappa shape index (κ1) is 22.2. The Morgan fingerprint density at radius 2 is 1.22 bits per heavy atom. The summed E-state index contributed by atoms with van der Waals surface area (Å²) in [6.07, 6.45) is 21.3. The van der Waals surface area contributed by atoms with Crippen molar-refractivity contribution in [3.05, 3.63) is 12.2 Å². The molecule has 0 aliphatic carbocycles. The number of aliphatic carboxylic acids is 1. The van der Waals surface area contributed by atoms with Crippen LogP contribution in [-0.4, -0.2) is 22.3 Å². The van der Waals surface area contributed by atoms with E-state index in [1.807, 2.05) is 6.08 Å². The fourth-order valence-corrected chi connectivity index (χ4v) is 2.72. The number of carboxylic acids is 1. The van der Waals surface area contributed by atoms with Crippen molar-refractivity contribution in [2.24, 2.45) is 0 Å². The Bertz CT molecular complexity index is 287. The van der Waals surface area contributed by atoms with Gasteiger partial charge in [-0.25, -0.2) is 4.79 Å². The molecule has 2 N–H and O–H groups in total. The second-order valence-electron chi connectivity index (χ2n) is 6.58. The van der Waals surface area contributed by atoms with E-state index in [9.17, 15) is 4.79 Å². The number of aliphatic hydroxyl groups excluding tert-OH is 1. The van der Waals surface area contributed by atoms with Crippen molar-refractivity contribution in [2.45, 2.75) is 109 Å². The Balaban J connectivity index is 3.14. The third kappa shape index (κ3) is 17.4. The fourth-order valence-electron chi connectivity index (χ4n) is 2.72. The lowest BCUT2D eigenvalue weighted by Gasteiger charge is -2.02. The maximum atomic E-state index is 10.4. The molecule has 0 aliphatic heterocycles. The van der Waals surface area contributed by atoms with Crippen LogP contribution >= 0.6 is 0 Å². The molecule has 0 aromatic rings. The van der Waals surface area contributed by atoms with Crippen LogP contribution in [-0.2, 0) is 4.79 Å². The molecule has 136 valence electrons. The molecule has 0 rings (SSSR count). The molecule has 0 radical (unpaired) electrons. The zero-order valence-corrected chi connectivity index (χ0v) is 15.1. The first-order valence-corrected chi connectivity index (χ1v) is 9.74. The normalized spacial score (nSPS) is 12.8. The zero-order chi connectivity index (χ0) is 17.2. The average molecular weight is 327 g/mol. The predicted octanol–water partition coefficient (Wildman–Crippen LogP) is 5.86. The summed E-state index contributed by atoms with van der Waals surface area (Å²) in [7, 11) is 0. The minimum Gasteiger partial charge on any atom is -0.479 e. The molecule has 1 atom stereocenters. The van der Waals surface area contributed by atoms with Crippen LogP contribution in [0.2, 0.25) is 0 Å². The van der Waals surface area contributed by atoms with Crippen molar-refractivity contribution in [3.8, 4) is 0 Å². The molecule has 0 saturated heterocycles. The fraction of sp³-hybridized carbons (Fsp3) is 0.850. The minimum absolute atomic E-state index is 0.310. The summed E-state index contributed by atoms with van der Waals surface area (Å²) in [4.78, 5) is 10.4. The van der Waals surface area contributed by atoms with Gasteiger partial charge in [-0.3, -0.25) is 0 Å². The summed E-state index contributed by atoms with van der Waals surface area (Å²) >= 11 is 0. The van der Waals surface area contributed by atoms with E-state index in [0.29, 0.717) is 12.8 Å². The monoisotopic (exact) mass is 326 g/mol. The molecular weight excluding hydrogens is 288 g/mol. The van der Waals surface area contributed by atoms with Gasteiger partial charge in [0.2, 0.25) is 0 Å². The maximum absolute atomic E-state index is 10.4. The van der Waals surface area contributed by atoms with Gasteiger partial charge >= 0.3 is 5.97 Å². The van der Waals surface area contributed by atoms with Crippen LogP contribution in [0.5, 0.6) is 0 Å². The highest BCUT2D eigenvalue weighted by atomic mass is 16.4. The van der Waals surface area contributed by atoms with Gasteiger partial charge in [0.15, 0.2) is 6.10 Å². The highest BCUT2D eigenvalue weighted by molar-refractivity contribution is 5.71. The summed E-state index contributed by atoms with van der Waals surface area (Å²) < 4.78 is 0. The lowest BCUT2D eigenvalue weighted by Crippen LogP contribution is -2.18. The van der Waals surface area contributed by atoms with Crippen molar-refractivity contribution >= 4 is 5.97 Å². The third-order valence-corrected chi connectivity index (χ3v) is 4.28. The molecule has 0 bridgehead atoms. The molecule has 0 aromatic carbocycles. The molecule has 3 nitrogen and oxygen atoms in total. The molecule has 3 heteroatoms. The van der Waals surface area contributed by atoms with Gasteiger partial charge in [0.05, 0.1) is 0 Å². The summed E-state index contributed by atoms with van der Waals surface area (Å²) in [5, 5.41) is 17.6. The highest BCUT2D eigenvalue weighted by Gasteiger charge is 2.10. The van der Waals surface area contributed by atoms with Crippen LogP contribution in [0, 0.1) is 0 Å². The van der Waals surface area contributed by atoms with Gasteiger partial charge in [0.1, 0.15) is 0 Å². The second-order valence-corrected chi connectivity index (χ2v) is 6.58. The molecule has 0 heterocycles. The Labute approximate surface area is 143 Å². The average Bonchev–Trinajstić information content (AvgIpc) is 2.54. The van der Waals surface area contributed by atoms with Gasteiger partial charge in [0.25, 0.3) is 0 Å². The molecule has 23 heavy (non-hydrogen) atoms. The Morgan fingerprint density at radius 3 is 1.70 bits per heavy atom. The highest BCUT2D eigenvalue weighted by Crippen LogP contribution is 2.12. The van der Waals surface area contributed by atoms with E-state index in [1.54, 1.807) is 0 Å². The van der Waals surface area contributed by atoms with Gasteiger partial charge in [-0.05, 0) is 25.7 Å². The molecule has 0 aromatic heterocycles. The Hall–Kier alpha value is -0.830. The summed E-state index contributed by atoms with van der Waals surface area (Å²) in [5.74, 6) is -1.13. The van der Waals surface area contributed by atoms with E-state index in [1.165, 1.54) is 77.0 Å². The largest absolute Gasteiger partial charge is 0.479 e.